The van der Waals surface area contributed by atoms with Crippen LogP contribution in [0.25, 0.3) is 0 Å². The zero-order chi connectivity index (χ0) is 16.8. The lowest BCUT2D eigenvalue weighted by Crippen LogP contribution is -2.28. The van der Waals surface area contributed by atoms with Crippen molar-refractivity contribution >= 4 is 29.3 Å². The third kappa shape index (κ3) is 4.31. The van der Waals surface area contributed by atoms with Crippen LogP contribution >= 0.6 is 23.4 Å². The van der Waals surface area contributed by atoms with E-state index in [0.717, 1.165) is 17.0 Å². The highest BCUT2D eigenvalue weighted by atomic mass is 35.5. The van der Waals surface area contributed by atoms with Crippen LogP contribution in [0.15, 0.2) is 47.3 Å². The first kappa shape index (κ1) is 17.9. The van der Waals surface area contributed by atoms with Gasteiger partial charge in [0.15, 0.2) is 0 Å². The number of allylic oxidation sites excluding steroid dienone is 2. The Kier molecular flexibility index (Phi) is 6.57. The van der Waals surface area contributed by atoms with Crippen LogP contribution in [-0.4, -0.2) is 36.3 Å². The van der Waals surface area contributed by atoms with Gasteiger partial charge in [-0.2, -0.15) is 11.8 Å². The molecule has 1 aliphatic heterocycles. The summed E-state index contributed by atoms with van der Waals surface area (Å²) in [5, 5.41) is 12.8. The lowest BCUT2D eigenvalue weighted by molar-refractivity contribution is -0.136. The number of dihydropyridines is 1. The molecule has 0 bridgehead atoms. The Hall–Kier alpha value is -1.43. The quantitative estimate of drug-likeness (QED) is 0.608. The summed E-state index contributed by atoms with van der Waals surface area (Å²) in [5.41, 5.74) is 3.21. The Labute approximate surface area is 145 Å². The normalized spacial score (nSPS) is 17.6. The van der Waals surface area contributed by atoms with Gasteiger partial charge in [0.25, 0.3) is 0 Å². The van der Waals surface area contributed by atoms with Crippen molar-refractivity contribution < 1.29 is 14.6 Å². The third-order valence-electron chi connectivity index (χ3n) is 3.53. The summed E-state index contributed by atoms with van der Waals surface area (Å²) in [5.74, 6) is 0.587. The molecule has 0 radical (unpaired) electrons. The van der Waals surface area contributed by atoms with Crippen LogP contribution in [0.5, 0.6) is 0 Å². The summed E-state index contributed by atoms with van der Waals surface area (Å²) < 4.78 is 4.99. The van der Waals surface area contributed by atoms with Gasteiger partial charge in [0.2, 0.25) is 0 Å². The van der Waals surface area contributed by atoms with E-state index in [-0.39, 0.29) is 18.5 Å². The van der Waals surface area contributed by atoms with Crippen LogP contribution in [0.2, 0.25) is 5.02 Å². The van der Waals surface area contributed by atoms with Crippen LogP contribution in [0.4, 0.5) is 0 Å². The first-order valence-electron chi connectivity index (χ1n) is 7.28. The number of hydrogen-bond donors (Lipinski definition) is 2. The van der Waals surface area contributed by atoms with Crippen LogP contribution in [0.3, 0.4) is 0 Å². The van der Waals surface area contributed by atoms with Crippen molar-refractivity contribution in [1.82, 2.24) is 5.32 Å². The molecule has 0 saturated heterocycles. The summed E-state index contributed by atoms with van der Waals surface area (Å²) in [4.78, 5) is 12.4. The van der Waals surface area contributed by atoms with Crippen molar-refractivity contribution in [3.63, 3.8) is 0 Å². The minimum Gasteiger partial charge on any atom is -0.466 e. The van der Waals surface area contributed by atoms with Gasteiger partial charge in [-0.3, -0.25) is 0 Å². The minimum atomic E-state index is -0.370. The Morgan fingerprint density at radius 3 is 2.83 bits per heavy atom. The van der Waals surface area contributed by atoms with E-state index in [0.29, 0.717) is 22.1 Å². The predicted octanol–water partition coefficient (Wildman–Crippen LogP) is 3.08. The number of halogens is 1. The maximum atomic E-state index is 12.4. The molecule has 0 aromatic heterocycles. The van der Waals surface area contributed by atoms with E-state index in [1.807, 2.05) is 37.3 Å². The molecule has 4 nitrogen and oxygen atoms in total. The molecule has 0 amide bonds. The molecule has 1 heterocycles. The fourth-order valence-corrected chi connectivity index (χ4v) is 3.51. The maximum Gasteiger partial charge on any atom is 0.336 e. The standard InChI is InChI=1S/C17H20ClNO3S/c1-11-9-13(12-5-3-4-6-14(12)18)16(17(21)22-2)15(19-11)10-23-8-7-20/h3-6,9,13,19-20H,7-8,10H2,1-2H3. The second kappa shape index (κ2) is 8.43. The van der Waals surface area contributed by atoms with E-state index in [1.54, 1.807) is 11.8 Å². The minimum absolute atomic E-state index is 0.105. The number of benzene rings is 1. The molecule has 6 heteroatoms. The zero-order valence-electron chi connectivity index (χ0n) is 13.1. The fourth-order valence-electron chi connectivity index (χ4n) is 2.55. The smallest absolute Gasteiger partial charge is 0.336 e. The predicted molar refractivity (Wildman–Crippen MR) is 94.5 cm³/mol. The molecule has 2 N–H and O–H groups in total. The van der Waals surface area contributed by atoms with E-state index >= 15 is 0 Å². The van der Waals surface area contributed by atoms with Crippen molar-refractivity contribution in [2.75, 3.05) is 25.2 Å². The van der Waals surface area contributed by atoms with E-state index in [1.165, 1.54) is 7.11 Å². The van der Waals surface area contributed by atoms with Crippen LogP contribution in [0, 0.1) is 0 Å². The van der Waals surface area contributed by atoms with Crippen molar-refractivity contribution in [1.29, 1.82) is 0 Å². The highest BCUT2D eigenvalue weighted by Crippen LogP contribution is 2.36. The highest BCUT2D eigenvalue weighted by Gasteiger charge is 2.30. The first-order valence-corrected chi connectivity index (χ1v) is 8.81. The molecular formula is C17H20ClNO3S. The summed E-state index contributed by atoms with van der Waals surface area (Å²) >= 11 is 7.89. The average Bonchev–Trinajstić information content (AvgIpc) is 2.54. The summed E-state index contributed by atoms with van der Waals surface area (Å²) in [7, 11) is 1.38. The van der Waals surface area contributed by atoms with Crippen LogP contribution in [-0.2, 0) is 9.53 Å². The van der Waals surface area contributed by atoms with Gasteiger partial charge in [-0.25, -0.2) is 4.79 Å². The summed E-state index contributed by atoms with van der Waals surface area (Å²) in [6.45, 7) is 2.06. The Morgan fingerprint density at radius 2 is 2.17 bits per heavy atom. The third-order valence-corrected chi connectivity index (χ3v) is 4.84. The van der Waals surface area contributed by atoms with Gasteiger partial charge in [0, 0.05) is 33.8 Å². The number of aliphatic hydroxyl groups is 1. The molecule has 2 rings (SSSR count). The molecular weight excluding hydrogens is 334 g/mol. The number of methoxy groups -OCH3 is 1. The van der Waals surface area contributed by atoms with E-state index in [4.69, 9.17) is 21.4 Å². The van der Waals surface area contributed by atoms with Crippen molar-refractivity contribution in [2.45, 2.75) is 12.8 Å². The fraction of sp³-hybridized carbons (Fsp3) is 0.353. The molecule has 1 aromatic carbocycles. The van der Waals surface area contributed by atoms with Crippen LogP contribution < -0.4 is 5.32 Å². The molecule has 0 saturated carbocycles. The Bertz CT molecular complexity index is 642. The molecule has 124 valence electrons. The SMILES string of the molecule is COC(=O)C1=C(CSCCO)NC(C)=CC1c1ccccc1Cl. The molecule has 1 aliphatic rings. The van der Waals surface area contributed by atoms with Crippen LogP contribution in [0.1, 0.15) is 18.4 Å². The van der Waals surface area contributed by atoms with E-state index < -0.39 is 0 Å². The topological polar surface area (TPSA) is 58.6 Å². The number of aliphatic hydroxyl groups excluding tert-OH is 1. The lowest BCUT2D eigenvalue weighted by Gasteiger charge is -2.27. The monoisotopic (exact) mass is 353 g/mol. The van der Waals surface area contributed by atoms with Gasteiger partial charge in [0.05, 0.1) is 19.3 Å². The number of carbonyl (C=O) groups is 1. The largest absolute Gasteiger partial charge is 0.466 e. The summed E-state index contributed by atoms with van der Waals surface area (Å²) in [6.07, 6.45) is 1.98. The summed E-state index contributed by atoms with van der Waals surface area (Å²) in [6, 6.07) is 7.51. The number of rotatable bonds is 6. The molecule has 1 aromatic rings. The van der Waals surface area contributed by atoms with Gasteiger partial charge in [-0.1, -0.05) is 35.9 Å². The zero-order valence-corrected chi connectivity index (χ0v) is 14.7. The Morgan fingerprint density at radius 1 is 1.43 bits per heavy atom. The van der Waals surface area contributed by atoms with Crippen molar-refractivity contribution in [3.8, 4) is 0 Å². The number of esters is 1. The van der Waals surface area contributed by atoms with Crippen molar-refractivity contribution in [3.05, 3.63) is 57.9 Å². The van der Waals surface area contributed by atoms with Gasteiger partial charge in [-0.15, -0.1) is 0 Å². The van der Waals surface area contributed by atoms with Gasteiger partial charge in [-0.05, 0) is 18.6 Å². The second-order valence-corrected chi connectivity index (χ2v) is 6.65. The van der Waals surface area contributed by atoms with Gasteiger partial charge in [0.1, 0.15) is 0 Å². The lowest BCUT2D eigenvalue weighted by atomic mass is 9.87. The van der Waals surface area contributed by atoms with Crippen molar-refractivity contribution in [2.24, 2.45) is 0 Å². The van der Waals surface area contributed by atoms with E-state index in [2.05, 4.69) is 5.32 Å². The number of thioether (sulfide) groups is 1. The molecule has 0 spiro atoms. The second-order valence-electron chi connectivity index (χ2n) is 5.13. The number of hydrogen-bond acceptors (Lipinski definition) is 5. The Balaban J connectivity index is 2.45. The molecule has 1 unspecified atom stereocenters. The number of ether oxygens (including phenoxy) is 1. The molecule has 0 aliphatic carbocycles. The first-order chi connectivity index (χ1) is 11.1. The average molecular weight is 354 g/mol. The number of carbonyl (C=O) groups excluding carboxylic acids is 1. The highest BCUT2D eigenvalue weighted by molar-refractivity contribution is 7.99. The van der Waals surface area contributed by atoms with E-state index in [9.17, 15) is 4.79 Å². The van der Waals surface area contributed by atoms with Gasteiger partial charge < -0.3 is 15.2 Å². The van der Waals surface area contributed by atoms with Gasteiger partial charge >= 0.3 is 5.97 Å². The molecule has 23 heavy (non-hydrogen) atoms. The molecule has 1 atom stereocenters. The molecule has 0 fully saturated rings. The maximum absolute atomic E-state index is 12.4. The number of nitrogens with one attached hydrogen (secondary N) is 1.